The molecule has 1 heterocycles. The lowest BCUT2D eigenvalue weighted by Crippen LogP contribution is -1.91. The first-order valence-corrected chi connectivity index (χ1v) is 5.03. The van der Waals surface area contributed by atoms with Gasteiger partial charge in [-0.05, 0) is 30.3 Å². The van der Waals surface area contributed by atoms with E-state index in [1.165, 1.54) is 0 Å². The molecule has 0 radical (unpaired) electrons. The van der Waals surface area contributed by atoms with Crippen LogP contribution in [0.3, 0.4) is 0 Å². The van der Waals surface area contributed by atoms with Gasteiger partial charge in [-0.15, -0.1) is 0 Å². The van der Waals surface area contributed by atoms with Crippen molar-refractivity contribution in [3.8, 4) is 11.3 Å². The molecular weight excluding hydrogens is 240 g/mol. The van der Waals surface area contributed by atoms with Crippen molar-refractivity contribution in [2.45, 2.75) is 0 Å². The molecule has 0 spiro atoms. The van der Waals surface area contributed by atoms with E-state index >= 15 is 0 Å². The number of pyridine rings is 1. The molecule has 0 bridgehead atoms. The first kappa shape index (κ1) is 9.21. The number of rotatable bonds is 1. The van der Waals surface area contributed by atoms with Crippen LogP contribution in [0.2, 0.25) is 0 Å². The summed E-state index contributed by atoms with van der Waals surface area (Å²) in [5, 5.41) is 0. The average molecular weight is 249 g/mol. The highest BCUT2D eigenvalue weighted by Gasteiger charge is 2.03. The highest BCUT2D eigenvalue weighted by molar-refractivity contribution is 9.10. The summed E-state index contributed by atoms with van der Waals surface area (Å²) in [6.45, 7) is 0. The van der Waals surface area contributed by atoms with E-state index in [9.17, 15) is 0 Å². The summed E-state index contributed by atoms with van der Waals surface area (Å²) in [7, 11) is 0. The van der Waals surface area contributed by atoms with Crippen molar-refractivity contribution in [1.29, 1.82) is 0 Å². The van der Waals surface area contributed by atoms with Crippen molar-refractivity contribution in [1.82, 2.24) is 4.98 Å². The van der Waals surface area contributed by atoms with Crippen LogP contribution in [0.25, 0.3) is 11.3 Å². The fourth-order valence-corrected chi connectivity index (χ4v) is 1.63. The second kappa shape index (κ2) is 3.80. The van der Waals surface area contributed by atoms with Gasteiger partial charge in [-0.1, -0.05) is 22.0 Å². The normalized spacial score (nSPS) is 10.1. The summed E-state index contributed by atoms with van der Waals surface area (Å²) in [4.78, 5) is 4.25. The molecule has 3 heteroatoms. The zero-order valence-corrected chi connectivity index (χ0v) is 9.03. The van der Waals surface area contributed by atoms with E-state index < -0.39 is 0 Å². The Bertz CT molecular complexity index is 440. The Morgan fingerprint density at radius 3 is 2.71 bits per heavy atom. The Labute approximate surface area is 90.9 Å². The minimum absolute atomic E-state index is 0.743. The number of hydrogen-bond donors (Lipinski definition) is 1. The van der Waals surface area contributed by atoms with E-state index in [0.717, 1.165) is 21.4 Å². The van der Waals surface area contributed by atoms with E-state index in [-0.39, 0.29) is 0 Å². The molecule has 0 amide bonds. The summed E-state index contributed by atoms with van der Waals surface area (Å²) in [6.07, 6.45) is 1.76. The smallest absolute Gasteiger partial charge is 0.0723 e. The predicted octanol–water partition coefficient (Wildman–Crippen LogP) is 3.09. The van der Waals surface area contributed by atoms with Crippen molar-refractivity contribution in [3.63, 3.8) is 0 Å². The zero-order valence-electron chi connectivity index (χ0n) is 7.44. The second-order valence-corrected chi connectivity index (χ2v) is 3.86. The molecule has 14 heavy (non-hydrogen) atoms. The van der Waals surface area contributed by atoms with Crippen LogP contribution in [0.1, 0.15) is 0 Å². The molecule has 2 nitrogen and oxygen atoms in total. The predicted molar refractivity (Wildman–Crippen MR) is 61.8 cm³/mol. The Morgan fingerprint density at radius 1 is 1.14 bits per heavy atom. The van der Waals surface area contributed by atoms with Crippen LogP contribution < -0.4 is 5.73 Å². The number of nitrogens with zero attached hydrogens (tertiary/aromatic N) is 1. The summed E-state index contributed by atoms with van der Waals surface area (Å²) < 4.78 is 1.01. The number of benzene rings is 1. The maximum atomic E-state index is 5.86. The van der Waals surface area contributed by atoms with Gasteiger partial charge in [0.05, 0.1) is 5.69 Å². The summed E-state index contributed by atoms with van der Waals surface area (Å²) >= 11 is 3.41. The Balaban J connectivity index is 2.57. The lowest BCUT2D eigenvalue weighted by molar-refractivity contribution is 1.33. The van der Waals surface area contributed by atoms with Gasteiger partial charge in [-0.2, -0.15) is 0 Å². The summed E-state index contributed by atoms with van der Waals surface area (Å²) in [5.41, 5.74) is 8.46. The van der Waals surface area contributed by atoms with Crippen molar-refractivity contribution in [2.75, 3.05) is 5.73 Å². The minimum Gasteiger partial charge on any atom is -0.398 e. The molecule has 0 aliphatic carbocycles. The Hall–Kier alpha value is -1.35. The molecule has 0 saturated heterocycles. The maximum absolute atomic E-state index is 5.86. The summed E-state index contributed by atoms with van der Waals surface area (Å²) in [6, 6.07) is 11.5. The van der Waals surface area contributed by atoms with Crippen LogP contribution in [0.4, 0.5) is 5.69 Å². The maximum Gasteiger partial charge on any atom is 0.0723 e. The number of nitrogen functional groups attached to an aromatic ring is 1. The molecule has 2 aromatic rings. The van der Waals surface area contributed by atoms with Crippen LogP contribution in [-0.4, -0.2) is 4.98 Å². The van der Waals surface area contributed by atoms with Crippen LogP contribution >= 0.6 is 15.9 Å². The largest absolute Gasteiger partial charge is 0.398 e. The Kier molecular flexibility index (Phi) is 2.50. The molecule has 0 aliphatic heterocycles. The fraction of sp³-hybridized carbons (Fsp3) is 0. The third kappa shape index (κ3) is 1.77. The van der Waals surface area contributed by atoms with Gasteiger partial charge >= 0.3 is 0 Å². The molecule has 0 saturated carbocycles. The first-order valence-electron chi connectivity index (χ1n) is 4.24. The molecule has 1 aromatic carbocycles. The first-order chi connectivity index (χ1) is 6.77. The minimum atomic E-state index is 0.743. The van der Waals surface area contributed by atoms with Crippen LogP contribution in [0, 0.1) is 0 Å². The fourth-order valence-electron chi connectivity index (χ4n) is 1.27. The van der Waals surface area contributed by atoms with E-state index in [2.05, 4.69) is 20.9 Å². The number of nitrogens with two attached hydrogens (primary N) is 1. The monoisotopic (exact) mass is 248 g/mol. The van der Waals surface area contributed by atoms with Gasteiger partial charge in [0.1, 0.15) is 0 Å². The van der Waals surface area contributed by atoms with Gasteiger partial charge in [0, 0.05) is 21.9 Å². The van der Waals surface area contributed by atoms with Crippen molar-refractivity contribution >= 4 is 21.6 Å². The number of halogens is 1. The van der Waals surface area contributed by atoms with Gasteiger partial charge in [-0.25, -0.2) is 0 Å². The van der Waals surface area contributed by atoms with Crippen LogP contribution in [0.15, 0.2) is 47.1 Å². The molecule has 0 fully saturated rings. The van der Waals surface area contributed by atoms with Crippen LogP contribution in [-0.2, 0) is 0 Å². The van der Waals surface area contributed by atoms with Gasteiger partial charge in [-0.3, -0.25) is 4.98 Å². The lowest BCUT2D eigenvalue weighted by atomic mass is 10.1. The zero-order chi connectivity index (χ0) is 9.97. The quantitative estimate of drug-likeness (QED) is 0.788. The molecule has 2 rings (SSSR count). The third-order valence-electron chi connectivity index (χ3n) is 1.96. The van der Waals surface area contributed by atoms with Gasteiger partial charge < -0.3 is 5.73 Å². The standard InChI is InChI=1S/C11H9BrN2/c12-8-4-5-10(13)9(7-8)11-3-1-2-6-14-11/h1-7H,13H2. The molecule has 0 atom stereocenters. The topological polar surface area (TPSA) is 38.9 Å². The SMILES string of the molecule is Nc1ccc(Br)cc1-c1ccccn1. The van der Waals surface area contributed by atoms with Crippen molar-refractivity contribution in [3.05, 3.63) is 47.1 Å². The highest BCUT2D eigenvalue weighted by Crippen LogP contribution is 2.26. The van der Waals surface area contributed by atoms with Crippen molar-refractivity contribution < 1.29 is 0 Å². The molecule has 0 aliphatic rings. The van der Waals surface area contributed by atoms with E-state index in [0.29, 0.717) is 0 Å². The van der Waals surface area contributed by atoms with Crippen molar-refractivity contribution in [2.24, 2.45) is 0 Å². The lowest BCUT2D eigenvalue weighted by Gasteiger charge is -2.04. The number of anilines is 1. The third-order valence-corrected chi connectivity index (χ3v) is 2.45. The number of hydrogen-bond acceptors (Lipinski definition) is 2. The molecule has 0 unspecified atom stereocenters. The highest BCUT2D eigenvalue weighted by atomic mass is 79.9. The molecule has 2 N–H and O–H groups in total. The van der Waals surface area contributed by atoms with E-state index in [4.69, 9.17) is 5.73 Å². The summed E-state index contributed by atoms with van der Waals surface area (Å²) in [5.74, 6) is 0. The molecule has 1 aromatic heterocycles. The van der Waals surface area contributed by atoms with Crippen LogP contribution in [0.5, 0.6) is 0 Å². The second-order valence-electron chi connectivity index (χ2n) is 2.95. The van der Waals surface area contributed by atoms with Gasteiger partial charge in [0.15, 0.2) is 0 Å². The Morgan fingerprint density at radius 2 is 2.00 bits per heavy atom. The molecular formula is C11H9BrN2. The van der Waals surface area contributed by atoms with Gasteiger partial charge in [0.25, 0.3) is 0 Å². The van der Waals surface area contributed by atoms with E-state index in [1.54, 1.807) is 6.20 Å². The number of aromatic nitrogens is 1. The average Bonchev–Trinajstić information content (AvgIpc) is 2.23. The van der Waals surface area contributed by atoms with E-state index in [1.807, 2.05) is 36.4 Å². The van der Waals surface area contributed by atoms with Gasteiger partial charge in [0.2, 0.25) is 0 Å². The molecule has 70 valence electrons.